The van der Waals surface area contributed by atoms with Gasteiger partial charge in [0.05, 0.1) is 9.23 Å². The van der Waals surface area contributed by atoms with Crippen LogP contribution in [0.5, 0.6) is 0 Å². The van der Waals surface area contributed by atoms with Crippen LogP contribution in [0, 0.1) is 0 Å². The minimum absolute atomic E-state index is 0.0241. The average Bonchev–Trinajstić information content (AvgIpc) is 2.92. The van der Waals surface area contributed by atoms with E-state index in [0.29, 0.717) is 9.90 Å². The lowest BCUT2D eigenvalue weighted by Crippen LogP contribution is -2.29. The summed E-state index contributed by atoms with van der Waals surface area (Å²) in [5, 5.41) is 5.05. The number of nitrogens with zero attached hydrogens (tertiary/aromatic N) is 1. The van der Waals surface area contributed by atoms with Crippen LogP contribution in [0.25, 0.3) is 0 Å². The van der Waals surface area contributed by atoms with E-state index in [-0.39, 0.29) is 9.10 Å². The third-order valence-corrected chi connectivity index (χ3v) is 7.97. The largest absolute Gasteiger partial charge is 0.252 e. The third kappa shape index (κ3) is 3.93. The second-order valence-corrected chi connectivity index (χ2v) is 10.4. The summed E-state index contributed by atoms with van der Waals surface area (Å²) in [6, 6.07) is 8.27. The van der Waals surface area contributed by atoms with Crippen LogP contribution in [-0.4, -0.2) is 28.2 Å². The molecule has 23 heavy (non-hydrogen) atoms. The molecule has 0 radical (unpaired) electrons. The second kappa shape index (κ2) is 6.50. The number of sulfonamides is 2. The van der Waals surface area contributed by atoms with E-state index >= 15 is 0 Å². The molecule has 1 atom stereocenters. The summed E-state index contributed by atoms with van der Waals surface area (Å²) in [4.78, 5) is -0.0241. The standard InChI is InChI=1S/C13H15ClN2O4S3/c1-9(10-3-5-11(6-4-10)22(15,17)18)16(2)23(19,20)13-8-7-12(14)21-13/h3-9H,1-2H3,(H2,15,17,18). The SMILES string of the molecule is CC(c1ccc(S(N)(=O)=O)cc1)N(C)S(=O)(=O)c1ccc(Cl)s1. The predicted octanol–water partition coefficient (Wildman–Crippen LogP) is 2.43. The highest BCUT2D eigenvalue weighted by molar-refractivity contribution is 7.91. The van der Waals surface area contributed by atoms with Crippen LogP contribution in [-0.2, 0) is 20.0 Å². The molecule has 0 amide bonds. The number of thiophene rings is 1. The van der Waals surface area contributed by atoms with Crippen LogP contribution in [0.2, 0.25) is 4.34 Å². The first-order valence-electron chi connectivity index (χ1n) is 6.39. The Balaban J connectivity index is 2.31. The number of nitrogens with two attached hydrogens (primary N) is 1. The van der Waals surface area contributed by atoms with E-state index in [1.165, 1.54) is 47.8 Å². The molecule has 0 saturated heterocycles. The summed E-state index contributed by atoms with van der Waals surface area (Å²) in [7, 11) is -6.00. The van der Waals surface area contributed by atoms with Crippen molar-refractivity contribution < 1.29 is 16.8 Å². The lowest BCUT2D eigenvalue weighted by molar-refractivity contribution is 0.399. The van der Waals surface area contributed by atoms with Crippen molar-refractivity contribution in [3.63, 3.8) is 0 Å². The number of hydrogen-bond acceptors (Lipinski definition) is 5. The molecule has 126 valence electrons. The van der Waals surface area contributed by atoms with Crippen molar-refractivity contribution in [2.75, 3.05) is 7.05 Å². The Kier molecular flexibility index (Phi) is 5.19. The van der Waals surface area contributed by atoms with Crippen molar-refractivity contribution in [2.45, 2.75) is 22.1 Å². The average molecular weight is 395 g/mol. The van der Waals surface area contributed by atoms with Gasteiger partial charge in [-0.15, -0.1) is 11.3 Å². The van der Waals surface area contributed by atoms with Crippen molar-refractivity contribution in [1.29, 1.82) is 0 Å². The van der Waals surface area contributed by atoms with E-state index in [2.05, 4.69) is 0 Å². The fourth-order valence-corrected chi connectivity index (χ4v) is 5.47. The molecular formula is C13H15ClN2O4S3. The van der Waals surface area contributed by atoms with Gasteiger partial charge in [-0.05, 0) is 36.8 Å². The maximum atomic E-state index is 12.5. The molecule has 0 bridgehead atoms. The summed E-state index contributed by atoms with van der Waals surface area (Å²) >= 11 is 6.78. The molecule has 6 nitrogen and oxygen atoms in total. The van der Waals surface area contributed by atoms with Crippen molar-refractivity contribution in [3.8, 4) is 0 Å². The lowest BCUT2D eigenvalue weighted by atomic mass is 10.1. The van der Waals surface area contributed by atoms with Crippen LogP contribution in [0.1, 0.15) is 18.5 Å². The number of hydrogen-bond donors (Lipinski definition) is 1. The first-order chi connectivity index (χ1) is 10.5. The molecule has 2 aromatic rings. The summed E-state index contributed by atoms with van der Waals surface area (Å²) in [6.07, 6.45) is 0. The first-order valence-corrected chi connectivity index (χ1v) is 10.6. The Labute approximate surface area is 144 Å². The van der Waals surface area contributed by atoms with Crippen molar-refractivity contribution in [2.24, 2.45) is 5.14 Å². The van der Waals surface area contributed by atoms with E-state index in [1.807, 2.05) is 0 Å². The normalized spacial score (nSPS) is 14.1. The number of halogens is 1. The highest BCUT2D eigenvalue weighted by Gasteiger charge is 2.27. The van der Waals surface area contributed by atoms with Gasteiger partial charge in [0.15, 0.2) is 0 Å². The van der Waals surface area contributed by atoms with Gasteiger partial charge in [-0.3, -0.25) is 0 Å². The van der Waals surface area contributed by atoms with Gasteiger partial charge in [0.1, 0.15) is 4.21 Å². The molecule has 2 rings (SSSR count). The Morgan fingerprint density at radius 1 is 1.09 bits per heavy atom. The minimum Gasteiger partial charge on any atom is -0.225 e. The van der Waals surface area contributed by atoms with E-state index in [1.54, 1.807) is 6.92 Å². The van der Waals surface area contributed by atoms with Gasteiger partial charge in [-0.1, -0.05) is 23.7 Å². The Bertz CT molecular complexity index is 905. The molecule has 1 aromatic heterocycles. The van der Waals surface area contributed by atoms with E-state index in [9.17, 15) is 16.8 Å². The molecule has 1 unspecified atom stereocenters. The number of rotatable bonds is 5. The molecule has 10 heteroatoms. The molecule has 2 N–H and O–H groups in total. The van der Waals surface area contributed by atoms with Gasteiger partial charge in [0.25, 0.3) is 10.0 Å². The molecule has 0 aliphatic rings. The van der Waals surface area contributed by atoms with Crippen molar-refractivity contribution in [3.05, 3.63) is 46.3 Å². The topological polar surface area (TPSA) is 97.5 Å². The fourth-order valence-electron chi connectivity index (χ4n) is 1.93. The quantitative estimate of drug-likeness (QED) is 0.841. The van der Waals surface area contributed by atoms with Crippen LogP contribution >= 0.6 is 22.9 Å². The first kappa shape index (κ1) is 18.4. The molecule has 0 aliphatic carbocycles. The molecule has 1 aromatic carbocycles. The van der Waals surface area contributed by atoms with Crippen molar-refractivity contribution in [1.82, 2.24) is 4.31 Å². The van der Waals surface area contributed by atoms with Crippen LogP contribution in [0.4, 0.5) is 0 Å². The highest BCUT2D eigenvalue weighted by Crippen LogP contribution is 2.31. The lowest BCUT2D eigenvalue weighted by Gasteiger charge is -2.24. The molecule has 0 spiro atoms. The molecule has 0 aliphatic heterocycles. The molecular weight excluding hydrogens is 380 g/mol. The second-order valence-electron chi connectivity index (χ2n) is 4.87. The zero-order valence-electron chi connectivity index (χ0n) is 12.3. The fraction of sp³-hybridized carbons (Fsp3) is 0.231. The molecule has 0 saturated carbocycles. The zero-order valence-corrected chi connectivity index (χ0v) is 15.5. The van der Waals surface area contributed by atoms with Gasteiger partial charge >= 0.3 is 0 Å². The van der Waals surface area contributed by atoms with Gasteiger partial charge in [0.2, 0.25) is 10.0 Å². The molecule has 0 fully saturated rings. The third-order valence-electron chi connectivity index (χ3n) is 3.42. The van der Waals surface area contributed by atoms with E-state index in [4.69, 9.17) is 16.7 Å². The predicted molar refractivity (Wildman–Crippen MR) is 90.5 cm³/mol. The summed E-state index contributed by atoms with van der Waals surface area (Å²) in [6.45, 7) is 1.71. The smallest absolute Gasteiger partial charge is 0.225 e. The number of benzene rings is 1. The van der Waals surface area contributed by atoms with Crippen LogP contribution < -0.4 is 5.14 Å². The molecule has 1 heterocycles. The maximum Gasteiger partial charge on any atom is 0.252 e. The van der Waals surface area contributed by atoms with E-state index in [0.717, 1.165) is 11.3 Å². The van der Waals surface area contributed by atoms with Gasteiger partial charge in [-0.2, -0.15) is 4.31 Å². The van der Waals surface area contributed by atoms with E-state index < -0.39 is 26.1 Å². The van der Waals surface area contributed by atoms with Gasteiger partial charge < -0.3 is 0 Å². The summed E-state index contributed by atoms with van der Waals surface area (Å²) in [5.41, 5.74) is 0.645. The highest BCUT2D eigenvalue weighted by atomic mass is 35.5. The Morgan fingerprint density at radius 3 is 2.09 bits per heavy atom. The van der Waals surface area contributed by atoms with Crippen LogP contribution in [0.15, 0.2) is 45.5 Å². The van der Waals surface area contributed by atoms with Gasteiger partial charge in [-0.25, -0.2) is 22.0 Å². The minimum atomic E-state index is -3.78. The Hall–Kier alpha value is -0.970. The zero-order chi connectivity index (χ0) is 17.4. The van der Waals surface area contributed by atoms with Crippen molar-refractivity contribution >= 4 is 43.0 Å². The Morgan fingerprint density at radius 2 is 1.65 bits per heavy atom. The number of primary sulfonamides is 1. The monoisotopic (exact) mass is 394 g/mol. The van der Waals surface area contributed by atoms with Crippen LogP contribution in [0.3, 0.4) is 0 Å². The summed E-state index contributed by atoms with van der Waals surface area (Å²) < 4.78 is 49.4. The van der Waals surface area contributed by atoms with Gasteiger partial charge in [0, 0.05) is 13.1 Å². The summed E-state index contributed by atoms with van der Waals surface area (Å²) in [5.74, 6) is 0. The maximum absolute atomic E-state index is 12.5.